The van der Waals surface area contributed by atoms with Gasteiger partial charge in [-0.05, 0) is 141 Å². The summed E-state index contributed by atoms with van der Waals surface area (Å²) in [7, 11) is 0. The molecule has 0 N–H and O–H groups in total. The molecule has 2 aliphatic rings. The number of Topliss-reactive ketones (excluding diaryl/α,β-unsaturated/α-hetero) is 1. The van der Waals surface area contributed by atoms with E-state index in [-0.39, 0.29) is 23.7 Å². The van der Waals surface area contributed by atoms with Gasteiger partial charge in [0.25, 0.3) is 0 Å². The molecule has 0 heterocycles. The van der Waals surface area contributed by atoms with Gasteiger partial charge in [-0.25, -0.2) is 0 Å². The van der Waals surface area contributed by atoms with Crippen LogP contribution in [0.25, 0.3) is 11.1 Å². The van der Waals surface area contributed by atoms with Gasteiger partial charge in [0.15, 0.2) is 5.78 Å². The van der Waals surface area contributed by atoms with Crippen LogP contribution in [-0.2, 0) is 29.0 Å². The average Bonchev–Trinajstić information content (AvgIpc) is 3.58. The molecule has 1 saturated carbocycles. The average molecular weight is 580 g/mol. The van der Waals surface area contributed by atoms with Crippen molar-refractivity contribution in [2.24, 2.45) is 17.3 Å². The number of nitrogens with zero attached hydrogens (tertiary/aromatic N) is 1. The van der Waals surface area contributed by atoms with Gasteiger partial charge in [-0.1, -0.05) is 31.2 Å². The van der Waals surface area contributed by atoms with E-state index in [1.54, 1.807) is 0 Å². The van der Waals surface area contributed by atoms with Crippen molar-refractivity contribution in [3.8, 4) is 28.7 Å². The second kappa shape index (κ2) is 12.9. The fourth-order valence-corrected chi connectivity index (χ4v) is 6.83. The third-order valence-electron chi connectivity index (χ3n) is 9.14. The molecule has 0 bridgehead atoms. The van der Waals surface area contributed by atoms with Crippen LogP contribution in [0.5, 0.6) is 11.5 Å². The lowest BCUT2D eigenvalue weighted by molar-refractivity contribution is -0.125. The Balaban J connectivity index is 1.24. The Hall–Kier alpha value is -3.62. The van der Waals surface area contributed by atoms with Crippen molar-refractivity contribution in [2.75, 3.05) is 19.8 Å². The van der Waals surface area contributed by atoms with E-state index in [2.05, 4.69) is 75.4 Å². The number of ether oxygens (including phenoxy) is 3. The maximum atomic E-state index is 12.6. The summed E-state index contributed by atoms with van der Waals surface area (Å²) >= 11 is 0. The summed E-state index contributed by atoms with van der Waals surface area (Å²) < 4.78 is 17.9. The second-order valence-electron chi connectivity index (χ2n) is 12.9. The van der Waals surface area contributed by atoms with Crippen LogP contribution in [0.3, 0.4) is 0 Å². The van der Waals surface area contributed by atoms with E-state index in [0.29, 0.717) is 31.7 Å². The summed E-state index contributed by atoms with van der Waals surface area (Å²) in [6.07, 6.45) is 3.51. The third kappa shape index (κ3) is 6.81. The summed E-state index contributed by atoms with van der Waals surface area (Å²) in [6, 6.07) is 19.7. The van der Waals surface area contributed by atoms with E-state index >= 15 is 0 Å². The predicted molar refractivity (Wildman–Crippen MR) is 171 cm³/mol. The highest BCUT2D eigenvalue weighted by Crippen LogP contribution is 2.62. The van der Waals surface area contributed by atoms with Crippen LogP contribution in [0.1, 0.15) is 79.8 Å². The second-order valence-corrected chi connectivity index (χ2v) is 12.9. The number of carbonyl (C=O) groups is 1. The molecule has 3 aromatic rings. The number of rotatable bonds is 14. The van der Waals surface area contributed by atoms with E-state index in [0.717, 1.165) is 42.7 Å². The van der Waals surface area contributed by atoms with Gasteiger partial charge in [-0.3, -0.25) is 4.79 Å². The van der Waals surface area contributed by atoms with Gasteiger partial charge < -0.3 is 14.2 Å². The minimum Gasteiger partial charge on any atom is -0.494 e. The predicted octanol–water partition coefficient (Wildman–Crippen LogP) is 8.31. The van der Waals surface area contributed by atoms with Gasteiger partial charge >= 0.3 is 0 Å². The van der Waals surface area contributed by atoms with Crippen molar-refractivity contribution in [1.82, 2.24) is 0 Å². The summed E-state index contributed by atoms with van der Waals surface area (Å²) in [5.41, 5.74) is 9.43. The van der Waals surface area contributed by atoms with Crippen LogP contribution in [0.15, 0.2) is 48.5 Å². The lowest BCUT2D eigenvalue weighted by Gasteiger charge is -2.17. The van der Waals surface area contributed by atoms with E-state index in [9.17, 15) is 10.1 Å². The minimum absolute atomic E-state index is 0.132. The first-order valence-corrected chi connectivity index (χ1v) is 15.8. The highest BCUT2D eigenvalue weighted by molar-refractivity contribution is 5.87. The molecule has 0 aromatic heterocycles. The molecule has 3 aromatic carbocycles. The molecule has 5 rings (SSSR count). The molecule has 0 aliphatic heterocycles. The molecule has 3 unspecified atom stereocenters. The Kier molecular flexibility index (Phi) is 9.28. The Morgan fingerprint density at radius 1 is 1.05 bits per heavy atom. The Labute approximate surface area is 257 Å². The first-order valence-electron chi connectivity index (χ1n) is 15.8. The summed E-state index contributed by atoms with van der Waals surface area (Å²) in [5, 5.41) is 9.23. The molecular formula is C38H45NO4. The standard InChI is InChI=1S/C38H45NO4/c1-7-27-18-31-29(19-32-36(31)37(32)33(40)22-41-8-2)20-34(27)43-21-26-11-9-12-28(17-26)35-24(3)15-30(16-25(35)4)42-14-10-13-38(5,6)23-39/h9,11-12,15-18,20,32,36-37H,7-8,10,13-14,19,21-22H2,1-6H3. The van der Waals surface area contributed by atoms with Crippen molar-refractivity contribution in [2.45, 2.75) is 79.8 Å². The van der Waals surface area contributed by atoms with Crippen molar-refractivity contribution in [1.29, 1.82) is 5.26 Å². The molecule has 226 valence electrons. The molecule has 0 amide bonds. The van der Waals surface area contributed by atoms with Crippen molar-refractivity contribution < 1.29 is 19.0 Å². The number of fused-ring (bicyclic) bond motifs is 3. The van der Waals surface area contributed by atoms with Crippen LogP contribution >= 0.6 is 0 Å². The van der Waals surface area contributed by atoms with Crippen molar-refractivity contribution in [3.05, 3.63) is 81.9 Å². The number of carbonyl (C=O) groups excluding carboxylic acids is 1. The molecule has 5 nitrogen and oxygen atoms in total. The monoisotopic (exact) mass is 579 g/mol. The first-order chi connectivity index (χ1) is 20.7. The Morgan fingerprint density at radius 2 is 1.81 bits per heavy atom. The van der Waals surface area contributed by atoms with E-state index < -0.39 is 0 Å². The fraction of sp³-hybridized carbons (Fsp3) is 0.474. The molecule has 0 saturated heterocycles. The smallest absolute Gasteiger partial charge is 0.162 e. The first kappa shape index (κ1) is 30.8. The van der Waals surface area contributed by atoms with Gasteiger partial charge in [0.2, 0.25) is 0 Å². The van der Waals surface area contributed by atoms with Crippen LogP contribution in [-0.4, -0.2) is 25.6 Å². The third-order valence-corrected chi connectivity index (χ3v) is 9.14. The van der Waals surface area contributed by atoms with Gasteiger partial charge in [0.1, 0.15) is 24.7 Å². The van der Waals surface area contributed by atoms with Gasteiger partial charge in [0, 0.05) is 12.5 Å². The van der Waals surface area contributed by atoms with Crippen LogP contribution in [0, 0.1) is 42.4 Å². The fourth-order valence-electron chi connectivity index (χ4n) is 6.83. The topological polar surface area (TPSA) is 68.6 Å². The number of aryl methyl sites for hydroxylation is 3. The Bertz CT molecular complexity index is 1510. The maximum Gasteiger partial charge on any atom is 0.162 e. The maximum absolute atomic E-state index is 12.6. The van der Waals surface area contributed by atoms with Crippen LogP contribution in [0.4, 0.5) is 0 Å². The number of ketones is 1. The highest BCUT2D eigenvalue weighted by atomic mass is 16.5. The lowest BCUT2D eigenvalue weighted by atomic mass is 9.90. The van der Waals surface area contributed by atoms with E-state index in [4.69, 9.17) is 14.2 Å². The largest absolute Gasteiger partial charge is 0.494 e. The van der Waals surface area contributed by atoms with Gasteiger partial charge in [-0.15, -0.1) is 0 Å². The summed E-state index contributed by atoms with van der Waals surface area (Å²) in [6.45, 7) is 14.2. The normalized spacial score (nSPS) is 18.5. The van der Waals surface area contributed by atoms with Crippen molar-refractivity contribution in [3.63, 3.8) is 0 Å². The zero-order valence-corrected chi connectivity index (χ0v) is 26.6. The molecular weight excluding hydrogens is 534 g/mol. The Morgan fingerprint density at radius 3 is 2.51 bits per heavy atom. The summed E-state index contributed by atoms with van der Waals surface area (Å²) in [5.74, 6) is 3.00. The molecule has 5 heteroatoms. The number of hydrogen-bond donors (Lipinski definition) is 0. The van der Waals surface area contributed by atoms with Crippen LogP contribution < -0.4 is 9.47 Å². The molecule has 43 heavy (non-hydrogen) atoms. The quantitative estimate of drug-likeness (QED) is 0.180. The lowest BCUT2D eigenvalue weighted by Crippen LogP contribution is -2.14. The number of benzene rings is 3. The van der Waals surface area contributed by atoms with Gasteiger partial charge in [0.05, 0.1) is 18.1 Å². The van der Waals surface area contributed by atoms with Crippen LogP contribution in [0.2, 0.25) is 0 Å². The van der Waals surface area contributed by atoms with E-state index in [1.165, 1.54) is 38.9 Å². The molecule has 0 radical (unpaired) electrons. The van der Waals surface area contributed by atoms with Crippen molar-refractivity contribution >= 4 is 5.78 Å². The minimum atomic E-state index is -0.318. The zero-order valence-electron chi connectivity index (χ0n) is 26.6. The summed E-state index contributed by atoms with van der Waals surface area (Å²) in [4.78, 5) is 12.6. The zero-order chi connectivity index (χ0) is 30.7. The highest BCUT2D eigenvalue weighted by Gasteiger charge is 2.58. The molecule has 2 aliphatic carbocycles. The molecule has 1 fully saturated rings. The van der Waals surface area contributed by atoms with Gasteiger partial charge in [-0.2, -0.15) is 5.26 Å². The number of nitriles is 1. The molecule has 3 atom stereocenters. The molecule has 0 spiro atoms. The van der Waals surface area contributed by atoms with E-state index in [1.807, 2.05) is 20.8 Å². The SMILES string of the molecule is CCOCC(=O)C1C2Cc3cc(OCc4cccc(-c5c(C)cc(OCCCC(C)(C)C#N)cc5C)c4)c(CC)cc3C21. The number of hydrogen-bond acceptors (Lipinski definition) is 5.